The molecule has 0 bridgehead atoms. The van der Waals surface area contributed by atoms with Crippen LogP contribution in [0.25, 0.3) is 0 Å². The zero-order valence-corrected chi connectivity index (χ0v) is 12.0. The summed E-state index contributed by atoms with van der Waals surface area (Å²) in [5, 5.41) is 14.0. The lowest BCUT2D eigenvalue weighted by Gasteiger charge is -2.26. The summed E-state index contributed by atoms with van der Waals surface area (Å²) in [5.41, 5.74) is 3.81. The van der Waals surface area contributed by atoms with Crippen molar-refractivity contribution in [3.05, 3.63) is 64.2 Å². The molecule has 0 saturated carbocycles. The number of aryl methyl sites for hydroxylation is 1. The van der Waals surface area contributed by atoms with Gasteiger partial charge in [0.05, 0.1) is 0 Å². The Kier molecular flexibility index (Phi) is 3.95. The van der Waals surface area contributed by atoms with Gasteiger partial charge in [-0.15, -0.1) is 0 Å². The SMILES string of the molecule is Oc1ccc2c(c1)C(NCc1ccc(Cl)cc1)CCC2. The molecule has 104 valence electrons. The highest BCUT2D eigenvalue weighted by molar-refractivity contribution is 6.30. The zero-order chi connectivity index (χ0) is 13.9. The highest BCUT2D eigenvalue weighted by Gasteiger charge is 2.19. The zero-order valence-electron chi connectivity index (χ0n) is 11.3. The second-order valence-corrected chi connectivity index (χ2v) is 5.77. The Morgan fingerprint density at radius 3 is 2.75 bits per heavy atom. The monoisotopic (exact) mass is 287 g/mol. The molecule has 1 aliphatic rings. The summed E-state index contributed by atoms with van der Waals surface area (Å²) in [4.78, 5) is 0. The van der Waals surface area contributed by atoms with Gasteiger partial charge < -0.3 is 10.4 Å². The Morgan fingerprint density at radius 2 is 1.95 bits per heavy atom. The van der Waals surface area contributed by atoms with Gasteiger partial charge in [0.25, 0.3) is 0 Å². The molecule has 1 atom stereocenters. The molecule has 3 heteroatoms. The lowest BCUT2D eigenvalue weighted by atomic mass is 9.87. The average molecular weight is 288 g/mol. The number of hydrogen-bond acceptors (Lipinski definition) is 2. The first-order valence-corrected chi connectivity index (χ1v) is 7.40. The number of phenolic OH excluding ortho intramolecular Hbond substituents is 1. The van der Waals surface area contributed by atoms with Crippen LogP contribution in [0.2, 0.25) is 5.02 Å². The maximum atomic E-state index is 9.68. The van der Waals surface area contributed by atoms with Crippen molar-refractivity contribution < 1.29 is 5.11 Å². The number of halogens is 1. The number of aromatic hydroxyl groups is 1. The van der Waals surface area contributed by atoms with Gasteiger partial charge in [0.2, 0.25) is 0 Å². The summed E-state index contributed by atoms with van der Waals surface area (Å²) < 4.78 is 0. The molecule has 0 fully saturated rings. The van der Waals surface area contributed by atoms with Gasteiger partial charge in [0.15, 0.2) is 0 Å². The summed E-state index contributed by atoms with van der Waals surface area (Å²) in [6.45, 7) is 0.816. The highest BCUT2D eigenvalue weighted by Crippen LogP contribution is 2.32. The quantitative estimate of drug-likeness (QED) is 0.886. The van der Waals surface area contributed by atoms with Crippen molar-refractivity contribution in [2.45, 2.75) is 31.8 Å². The topological polar surface area (TPSA) is 32.3 Å². The minimum absolute atomic E-state index is 0.321. The fourth-order valence-corrected chi connectivity index (χ4v) is 2.97. The molecule has 2 aromatic carbocycles. The lowest BCUT2D eigenvalue weighted by molar-refractivity contribution is 0.446. The average Bonchev–Trinajstić information content (AvgIpc) is 2.47. The van der Waals surface area contributed by atoms with Crippen LogP contribution in [0.1, 0.15) is 35.6 Å². The molecule has 0 amide bonds. The molecule has 0 aromatic heterocycles. The van der Waals surface area contributed by atoms with E-state index in [0.29, 0.717) is 11.8 Å². The Labute approximate surface area is 124 Å². The van der Waals surface area contributed by atoms with E-state index in [1.54, 1.807) is 6.07 Å². The molecule has 1 aliphatic carbocycles. The van der Waals surface area contributed by atoms with Crippen molar-refractivity contribution in [2.24, 2.45) is 0 Å². The highest BCUT2D eigenvalue weighted by atomic mass is 35.5. The van der Waals surface area contributed by atoms with Crippen molar-refractivity contribution in [3.63, 3.8) is 0 Å². The molecule has 20 heavy (non-hydrogen) atoms. The van der Waals surface area contributed by atoms with Gasteiger partial charge in [0.1, 0.15) is 5.75 Å². The van der Waals surface area contributed by atoms with Crippen molar-refractivity contribution in [1.82, 2.24) is 5.32 Å². The number of nitrogens with one attached hydrogen (secondary N) is 1. The van der Waals surface area contributed by atoms with Gasteiger partial charge in [-0.05, 0) is 60.2 Å². The summed E-state index contributed by atoms with van der Waals surface area (Å²) in [7, 11) is 0. The van der Waals surface area contributed by atoms with Crippen molar-refractivity contribution >= 4 is 11.6 Å². The summed E-state index contributed by atoms with van der Waals surface area (Å²) in [5.74, 6) is 0.351. The molecule has 1 unspecified atom stereocenters. The smallest absolute Gasteiger partial charge is 0.115 e. The summed E-state index contributed by atoms with van der Waals surface area (Å²) >= 11 is 5.90. The molecule has 2 aromatic rings. The van der Waals surface area contributed by atoms with Crippen LogP contribution in [0.15, 0.2) is 42.5 Å². The maximum absolute atomic E-state index is 9.68. The van der Waals surface area contributed by atoms with E-state index in [9.17, 15) is 5.11 Å². The first kappa shape index (κ1) is 13.5. The molecular formula is C17H18ClNO. The van der Waals surface area contributed by atoms with Gasteiger partial charge in [-0.1, -0.05) is 29.8 Å². The van der Waals surface area contributed by atoms with Crippen LogP contribution in [0.3, 0.4) is 0 Å². The van der Waals surface area contributed by atoms with Crippen LogP contribution in [0.5, 0.6) is 5.75 Å². The van der Waals surface area contributed by atoms with Crippen LogP contribution in [-0.2, 0) is 13.0 Å². The predicted molar refractivity (Wildman–Crippen MR) is 82.1 cm³/mol. The van der Waals surface area contributed by atoms with E-state index in [0.717, 1.165) is 24.4 Å². The first-order valence-electron chi connectivity index (χ1n) is 7.02. The van der Waals surface area contributed by atoms with Gasteiger partial charge in [-0.2, -0.15) is 0 Å². The molecular weight excluding hydrogens is 270 g/mol. The van der Waals surface area contributed by atoms with E-state index < -0.39 is 0 Å². The Morgan fingerprint density at radius 1 is 1.15 bits per heavy atom. The van der Waals surface area contributed by atoms with Crippen LogP contribution in [0, 0.1) is 0 Å². The van der Waals surface area contributed by atoms with Crippen molar-refractivity contribution in [1.29, 1.82) is 0 Å². The van der Waals surface area contributed by atoms with E-state index in [1.165, 1.54) is 23.1 Å². The minimum atomic E-state index is 0.321. The standard InChI is InChI=1S/C17H18ClNO/c18-14-7-4-12(5-8-14)11-19-17-3-1-2-13-6-9-15(20)10-16(13)17/h4-10,17,19-20H,1-3,11H2. The fourth-order valence-electron chi connectivity index (χ4n) is 2.84. The summed E-state index contributed by atoms with van der Waals surface area (Å²) in [6.07, 6.45) is 3.41. The van der Waals surface area contributed by atoms with Gasteiger partial charge in [-0.25, -0.2) is 0 Å². The number of phenols is 1. The van der Waals surface area contributed by atoms with Gasteiger partial charge >= 0.3 is 0 Å². The minimum Gasteiger partial charge on any atom is -0.508 e. The molecule has 0 saturated heterocycles. The predicted octanol–water partition coefficient (Wildman–Crippen LogP) is 4.21. The fraction of sp³-hybridized carbons (Fsp3) is 0.294. The van der Waals surface area contributed by atoms with Gasteiger partial charge in [-0.3, -0.25) is 0 Å². The molecule has 0 radical (unpaired) electrons. The third-order valence-electron chi connectivity index (χ3n) is 3.91. The molecule has 3 rings (SSSR count). The second kappa shape index (κ2) is 5.86. The third-order valence-corrected chi connectivity index (χ3v) is 4.16. The van der Waals surface area contributed by atoms with E-state index in [-0.39, 0.29) is 0 Å². The number of rotatable bonds is 3. The van der Waals surface area contributed by atoms with Crippen LogP contribution in [0.4, 0.5) is 0 Å². The molecule has 2 nitrogen and oxygen atoms in total. The van der Waals surface area contributed by atoms with Crippen LogP contribution >= 0.6 is 11.6 Å². The second-order valence-electron chi connectivity index (χ2n) is 5.34. The van der Waals surface area contributed by atoms with E-state index >= 15 is 0 Å². The maximum Gasteiger partial charge on any atom is 0.115 e. The number of benzene rings is 2. The Bertz CT molecular complexity index is 594. The Balaban J connectivity index is 1.73. The molecule has 2 N–H and O–H groups in total. The van der Waals surface area contributed by atoms with Crippen molar-refractivity contribution in [3.8, 4) is 5.75 Å². The van der Waals surface area contributed by atoms with Crippen LogP contribution < -0.4 is 5.32 Å². The first-order chi connectivity index (χ1) is 9.72. The van der Waals surface area contributed by atoms with Crippen LogP contribution in [-0.4, -0.2) is 5.11 Å². The lowest BCUT2D eigenvalue weighted by Crippen LogP contribution is -2.24. The number of fused-ring (bicyclic) bond motifs is 1. The molecule has 0 heterocycles. The number of hydrogen-bond donors (Lipinski definition) is 2. The van der Waals surface area contributed by atoms with Gasteiger partial charge in [0, 0.05) is 17.6 Å². The van der Waals surface area contributed by atoms with E-state index in [2.05, 4.69) is 5.32 Å². The molecule has 0 spiro atoms. The third kappa shape index (κ3) is 2.97. The summed E-state index contributed by atoms with van der Waals surface area (Å²) in [6, 6.07) is 14.0. The van der Waals surface area contributed by atoms with Crippen molar-refractivity contribution in [2.75, 3.05) is 0 Å². The molecule has 0 aliphatic heterocycles. The van der Waals surface area contributed by atoms with E-state index in [4.69, 9.17) is 11.6 Å². The Hall–Kier alpha value is -1.51. The largest absolute Gasteiger partial charge is 0.508 e. The normalized spacial score (nSPS) is 17.8. The van der Waals surface area contributed by atoms with E-state index in [1.807, 2.05) is 36.4 Å².